The maximum absolute atomic E-state index is 13.1. The highest BCUT2D eigenvalue weighted by Crippen LogP contribution is 2.35. The molecule has 4 aromatic carbocycles. The van der Waals surface area contributed by atoms with Gasteiger partial charge in [0.25, 0.3) is 0 Å². The number of nitrogens with zero attached hydrogens (tertiary/aromatic N) is 2. The molecule has 4 aromatic heterocycles. The third-order valence-electron chi connectivity index (χ3n) is 9.57. The van der Waals surface area contributed by atoms with Crippen molar-refractivity contribution in [3.8, 4) is 19.8 Å². The monoisotopic (exact) mass is 886 g/mol. The number of hydrogen-bond acceptors (Lipinski definition) is 5. The van der Waals surface area contributed by atoms with E-state index in [1.165, 1.54) is 49.6 Å². The first-order valence-corrected chi connectivity index (χ1v) is 21.6. The number of aromatic nitrogens is 2. The fourth-order valence-electron chi connectivity index (χ4n) is 6.83. The van der Waals surface area contributed by atoms with Gasteiger partial charge < -0.3 is 4.48 Å². The summed E-state index contributed by atoms with van der Waals surface area (Å²) < 4.78 is 42.8. The minimum absolute atomic E-state index is 0. The van der Waals surface area contributed by atoms with Crippen molar-refractivity contribution in [3.63, 3.8) is 0 Å². The summed E-state index contributed by atoms with van der Waals surface area (Å²) in [5.74, 6) is 0. The molecule has 0 amide bonds. The van der Waals surface area contributed by atoms with Crippen molar-refractivity contribution in [2.45, 2.75) is 48.2 Å². The van der Waals surface area contributed by atoms with Crippen LogP contribution in [0.5, 0.6) is 0 Å². The molecule has 0 saturated carbocycles. The molecule has 1 unspecified atom stereocenters. The molecule has 1 aliphatic heterocycles. The van der Waals surface area contributed by atoms with Crippen LogP contribution in [0.15, 0.2) is 148 Å². The topological polar surface area (TPSA) is 16.8 Å². The summed E-state index contributed by atoms with van der Waals surface area (Å²) in [6.07, 6.45) is -0.988. The maximum atomic E-state index is 13.1. The van der Waals surface area contributed by atoms with Crippen LogP contribution in [0.1, 0.15) is 48.2 Å². The predicted molar refractivity (Wildman–Crippen MR) is 242 cm³/mol. The second-order valence-electron chi connectivity index (χ2n) is 13.3. The number of aryl methyl sites for hydroxylation is 3. The van der Waals surface area contributed by atoms with Crippen LogP contribution in [-0.2, 0) is 12.6 Å². The summed E-state index contributed by atoms with van der Waals surface area (Å²) in [6, 6.07) is 35.7. The quantitative estimate of drug-likeness (QED) is 0.157. The normalized spacial score (nSPS) is 13.8. The van der Waals surface area contributed by atoms with Crippen LogP contribution in [0.4, 0.5) is 13.2 Å². The molecule has 0 N–H and O–H groups in total. The Morgan fingerprint density at radius 2 is 1.12 bits per heavy atom. The summed E-state index contributed by atoms with van der Waals surface area (Å²) in [7, 11) is 0. The van der Waals surface area contributed by atoms with Gasteiger partial charge in [0.2, 0.25) is 5.01 Å². The summed E-state index contributed by atoms with van der Waals surface area (Å²) in [4.78, 5) is 6.64. The zero-order chi connectivity index (χ0) is 37.9. The van der Waals surface area contributed by atoms with E-state index in [1.807, 2.05) is 29.9 Å². The predicted octanol–water partition coefficient (Wildman–Crippen LogP) is 12.7. The molecule has 56 heavy (non-hydrogen) atoms. The molecular formula is C45H43BBrF3N2S4. The first-order valence-electron chi connectivity index (χ1n) is 17.3. The number of rotatable bonds is 5. The average molecular weight is 888 g/mol. The molecule has 0 fully saturated rings. The summed E-state index contributed by atoms with van der Waals surface area (Å²) in [5.41, 5.74) is 9.11. The lowest BCUT2D eigenvalue weighted by atomic mass is 9.25. The van der Waals surface area contributed by atoms with Gasteiger partial charge in [-0.3, -0.25) is 0 Å². The van der Waals surface area contributed by atoms with E-state index in [0.29, 0.717) is 0 Å². The number of halogens is 4. The zero-order valence-corrected chi connectivity index (χ0v) is 34.5. The highest BCUT2D eigenvalue weighted by Gasteiger charge is 2.51. The molecule has 1 aliphatic rings. The van der Waals surface area contributed by atoms with Crippen molar-refractivity contribution in [3.05, 3.63) is 181 Å². The maximum Gasteiger partial charge on any atom is 0.416 e. The molecule has 0 radical (unpaired) electrons. The van der Waals surface area contributed by atoms with Crippen LogP contribution in [-0.4, -0.2) is 11.3 Å². The van der Waals surface area contributed by atoms with Crippen LogP contribution in [0, 0.1) is 20.8 Å². The van der Waals surface area contributed by atoms with Crippen LogP contribution < -0.4 is 20.9 Å². The van der Waals surface area contributed by atoms with E-state index in [0.717, 1.165) is 37.4 Å². The Morgan fingerprint density at radius 3 is 1.62 bits per heavy atom. The van der Waals surface area contributed by atoms with Gasteiger partial charge in [-0.2, -0.15) is 13.2 Å². The lowest BCUT2D eigenvalue weighted by Crippen LogP contribution is -2.82. The van der Waals surface area contributed by atoms with Gasteiger partial charge in [0.1, 0.15) is 11.2 Å². The van der Waals surface area contributed by atoms with Gasteiger partial charge in [0.05, 0.1) is 20.7 Å². The number of thiazole rings is 2. The van der Waals surface area contributed by atoms with Gasteiger partial charge in [-0.25, -0.2) is 4.98 Å². The van der Waals surface area contributed by atoms with E-state index < -0.39 is 18.0 Å². The Kier molecular flexibility index (Phi) is 14.2. The number of alkyl halides is 3. The molecule has 1 atom stereocenters. The van der Waals surface area contributed by atoms with Crippen molar-refractivity contribution in [2.75, 3.05) is 0 Å². The minimum Gasteiger partial charge on any atom is -0.397 e. The van der Waals surface area contributed by atoms with Crippen LogP contribution in [0.2, 0.25) is 0 Å². The SMILES string of the molecule is Brc1ccsc1-c1nccs1.C.C.Cc1ccc(Cc2ccc(C)cc2)cc1.Cc1ccc([B-]2(c3ccc(C(F)(F)F)cc3)c3ccsc3-c3scc[n+]32)cc1. The Balaban J connectivity index is 0.000000180. The third kappa shape index (κ3) is 9.03. The zero-order valence-electron chi connectivity index (χ0n) is 29.7. The van der Waals surface area contributed by atoms with Gasteiger partial charge in [0.15, 0.2) is 0 Å². The lowest BCUT2D eigenvalue weighted by molar-refractivity contribution is -0.518. The van der Waals surface area contributed by atoms with Crippen LogP contribution in [0.25, 0.3) is 19.8 Å². The molecule has 5 heterocycles. The Morgan fingerprint density at radius 1 is 0.607 bits per heavy atom. The van der Waals surface area contributed by atoms with Crippen molar-refractivity contribution in [1.82, 2.24) is 4.98 Å². The molecule has 8 aromatic rings. The molecule has 0 bridgehead atoms. The number of thiophene rings is 2. The summed E-state index contributed by atoms with van der Waals surface area (Å²) in [6.45, 7) is 6.28. The molecular weight excluding hydrogens is 844 g/mol. The summed E-state index contributed by atoms with van der Waals surface area (Å²) >= 11 is 10.2. The third-order valence-corrected chi connectivity index (χ3v) is 14.3. The van der Waals surface area contributed by atoms with Gasteiger partial charge in [-0.05, 0) is 71.1 Å². The highest BCUT2D eigenvalue weighted by molar-refractivity contribution is 9.10. The molecule has 0 spiro atoms. The molecule has 2 nitrogen and oxygen atoms in total. The minimum atomic E-state index is -4.34. The second-order valence-corrected chi connectivity index (χ2v) is 17.7. The van der Waals surface area contributed by atoms with Crippen molar-refractivity contribution >= 4 is 83.9 Å². The molecule has 0 aliphatic carbocycles. The van der Waals surface area contributed by atoms with E-state index in [9.17, 15) is 13.2 Å². The average Bonchev–Trinajstić information content (AvgIpc) is 4.01. The van der Waals surface area contributed by atoms with E-state index in [-0.39, 0.29) is 14.9 Å². The van der Waals surface area contributed by atoms with E-state index in [1.54, 1.807) is 57.5 Å². The Bertz CT molecular complexity index is 2350. The molecule has 11 heteroatoms. The largest absolute Gasteiger partial charge is 0.416 e. The van der Waals surface area contributed by atoms with E-state index in [2.05, 4.69) is 135 Å². The Hall–Kier alpha value is -4.13. The second kappa shape index (κ2) is 18.4. The number of fused-ring (bicyclic) bond motifs is 3. The van der Waals surface area contributed by atoms with Gasteiger partial charge in [-0.15, -0.1) is 50.4 Å². The highest BCUT2D eigenvalue weighted by atomic mass is 79.9. The van der Waals surface area contributed by atoms with Crippen molar-refractivity contribution in [1.29, 1.82) is 0 Å². The fraction of sp³-hybridized carbons (Fsp3) is 0.156. The van der Waals surface area contributed by atoms with E-state index in [4.69, 9.17) is 0 Å². The molecule has 0 saturated heterocycles. The summed E-state index contributed by atoms with van der Waals surface area (Å²) in [5, 5.41) is 10.4. The van der Waals surface area contributed by atoms with Gasteiger partial charge in [-0.1, -0.05) is 146 Å². The van der Waals surface area contributed by atoms with Gasteiger partial charge in [0, 0.05) is 16.0 Å². The Labute approximate surface area is 353 Å². The fourth-order valence-corrected chi connectivity index (χ4v) is 11.4. The smallest absolute Gasteiger partial charge is 0.397 e. The first-order chi connectivity index (χ1) is 26.0. The molecule has 9 rings (SSSR count). The van der Waals surface area contributed by atoms with Gasteiger partial charge >= 0.3 is 12.5 Å². The van der Waals surface area contributed by atoms with Crippen molar-refractivity contribution in [2.24, 2.45) is 0 Å². The van der Waals surface area contributed by atoms with Crippen LogP contribution >= 0.6 is 61.3 Å². The number of benzene rings is 4. The van der Waals surface area contributed by atoms with Crippen molar-refractivity contribution < 1.29 is 17.6 Å². The number of hydrogen-bond donors (Lipinski definition) is 0. The van der Waals surface area contributed by atoms with E-state index >= 15 is 0 Å². The first kappa shape index (κ1) is 43.0. The lowest BCUT2D eigenvalue weighted by Gasteiger charge is -2.32. The van der Waals surface area contributed by atoms with Crippen LogP contribution in [0.3, 0.4) is 0 Å². The standard InChI is InChI=1S/C21H15BF3NS2.C15H16.C7H4BrNS2.2CH4/c1-14-2-6-16(7-3-14)22(17-8-4-15(5-9-17)21(23,24)25)18-10-12-27-19(18)20-26(22)11-13-28-20;1-12-3-7-14(8-4-12)11-15-9-5-13(2)6-10-15;8-5-1-3-10-6(5)7-9-2-4-11-7;;/h2-13H,1H3;3-10H,11H2,1-2H3;1-4H;2*1H4. The molecule has 288 valence electrons.